The molecule has 1 aliphatic rings. The molecule has 1 rings (SSSR count). The maximum absolute atomic E-state index is 11.8. The molecule has 0 fully saturated rings. The average Bonchev–Trinajstić information content (AvgIpc) is 2.92. The van der Waals surface area contributed by atoms with Crippen molar-refractivity contribution in [3.63, 3.8) is 0 Å². The van der Waals surface area contributed by atoms with Crippen molar-refractivity contribution in [1.82, 2.24) is 5.32 Å². The van der Waals surface area contributed by atoms with E-state index >= 15 is 0 Å². The summed E-state index contributed by atoms with van der Waals surface area (Å²) in [5, 5.41) is 6.10. The van der Waals surface area contributed by atoms with E-state index in [0.29, 0.717) is 0 Å². The molecule has 0 aromatic carbocycles. The lowest BCUT2D eigenvalue weighted by molar-refractivity contribution is -0.144. The Balaban J connectivity index is 2.61. The highest BCUT2D eigenvalue weighted by Gasteiger charge is 2.33. The van der Waals surface area contributed by atoms with Crippen molar-refractivity contribution in [2.45, 2.75) is 58.3 Å². The molecule has 0 aromatic rings. The molecule has 0 unspecified atom stereocenters. The monoisotopic (exact) mass is 344 g/mol. The van der Waals surface area contributed by atoms with Crippen molar-refractivity contribution in [2.75, 3.05) is 13.7 Å². The van der Waals surface area contributed by atoms with Crippen LogP contribution in [-0.2, 0) is 28.6 Å². The summed E-state index contributed by atoms with van der Waals surface area (Å²) in [6.45, 7) is 7.04. The van der Waals surface area contributed by atoms with Gasteiger partial charge in [0.15, 0.2) is 5.71 Å². The quantitative estimate of drug-likeness (QED) is 0.568. The van der Waals surface area contributed by atoms with Gasteiger partial charge in [-0.25, -0.2) is 14.4 Å². The van der Waals surface area contributed by atoms with E-state index in [1.165, 1.54) is 7.11 Å². The predicted molar refractivity (Wildman–Crippen MR) is 83.3 cm³/mol. The Hall–Kier alpha value is -2.32. The van der Waals surface area contributed by atoms with Gasteiger partial charge in [0.1, 0.15) is 17.7 Å². The number of esters is 2. The van der Waals surface area contributed by atoms with Crippen molar-refractivity contribution in [1.29, 1.82) is 0 Å². The first kappa shape index (κ1) is 19.7. The number of methoxy groups -OCH3 is 1. The molecule has 1 aliphatic heterocycles. The fourth-order valence-electron chi connectivity index (χ4n) is 1.96. The Morgan fingerprint density at radius 2 is 2.04 bits per heavy atom. The largest absolute Gasteiger partial charge is 0.467 e. The molecule has 0 aliphatic carbocycles. The zero-order valence-electron chi connectivity index (χ0n) is 14.6. The maximum Gasteiger partial charge on any atom is 0.408 e. The third kappa shape index (κ3) is 6.43. The zero-order valence-corrected chi connectivity index (χ0v) is 14.6. The molecule has 2 atom stereocenters. The molecule has 24 heavy (non-hydrogen) atoms. The fraction of sp³-hybridized carbons (Fsp3) is 0.733. The lowest BCUT2D eigenvalue weighted by Crippen LogP contribution is -2.45. The summed E-state index contributed by atoms with van der Waals surface area (Å²) in [6.07, 6.45) is -1.04. The Labute approximate surface area is 140 Å². The smallest absolute Gasteiger partial charge is 0.408 e. The molecule has 0 saturated carbocycles. The van der Waals surface area contributed by atoms with E-state index in [0.717, 1.165) is 0 Å². The first-order valence-electron chi connectivity index (χ1n) is 7.63. The van der Waals surface area contributed by atoms with Crippen LogP contribution in [0.15, 0.2) is 5.16 Å². The van der Waals surface area contributed by atoms with E-state index in [2.05, 4.69) is 15.2 Å². The van der Waals surface area contributed by atoms with Crippen LogP contribution >= 0.6 is 0 Å². The van der Waals surface area contributed by atoms with Crippen LogP contribution in [0.5, 0.6) is 0 Å². The number of carbonyl (C=O) groups excluding carboxylic acids is 3. The van der Waals surface area contributed by atoms with Gasteiger partial charge in [0, 0.05) is 12.8 Å². The molecule has 0 radical (unpaired) electrons. The van der Waals surface area contributed by atoms with Crippen molar-refractivity contribution < 1.29 is 33.4 Å². The summed E-state index contributed by atoms with van der Waals surface area (Å²) in [6, 6.07) is -0.980. The Bertz CT molecular complexity index is 510. The number of hydrogen-bond acceptors (Lipinski definition) is 8. The standard InChI is InChI=1S/C15H24N2O7/c1-6-22-13(19)11-8-9(24-17-11)7-10(12(18)21-5)16-14(20)23-15(2,3)4/h9-10H,6-8H2,1-5H3,(H,16,20)/t9-,10-/m1/s1. The highest BCUT2D eigenvalue weighted by molar-refractivity contribution is 6.36. The van der Waals surface area contributed by atoms with E-state index in [4.69, 9.17) is 14.3 Å². The molecule has 1 heterocycles. The molecule has 136 valence electrons. The van der Waals surface area contributed by atoms with Gasteiger partial charge in [-0.1, -0.05) is 5.16 Å². The van der Waals surface area contributed by atoms with Crippen LogP contribution in [-0.4, -0.2) is 55.2 Å². The lowest BCUT2D eigenvalue weighted by Gasteiger charge is -2.23. The predicted octanol–water partition coefficient (Wildman–Crippen LogP) is 1.15. The number of hydrogen-bond donors (Lipinski definition) is 1. The van der Waals surface area contributed by atoms with E-state index in [-0.39, 0.29) is 25.2 Å². The molecule has 1 N–H and O–H groups in total. The third-order valence-electron chi connectivity index (χ3n) is 2.92. The van der Waals surface area contributed by atoms with Crippen LogP contribution < -0.4 is 5.32 Å². The summed E-state index contributed by atoms with van der Waals surface area (Å²) in [5.41, 5.74) is -0.558. The van der Waals surface area contributed by atoms with Gasteiger partial charge in [-0.15, -0.1) is 0 Å². The average molecular weight is 344 g/mol. The third-order valence-corrected chi connectivity index (χ3v) is 2.92. The molecule has 0 spiro atoms. The van der Waals surface area contributed by atoms with Crippen LogP contribution in [0.1, 0.15) is 40.5 Å². The van der Waals surface area contributed by atoms with Crippen molar-refractivity contribution in [3.8, 4) is 0 Å². The molecular weight excluding hydrogens is 320 g/mol. The lowest BCUT2D eigenvalue weighted by atomic mass is 10.0. The van der Waals surface area contributed by atoms with Crippen LogP contribution in [0, 0.1) is 0 Å². The van der Waals surface area contributed by atoms with Crippen molar-refractivity contribution in [3.05, 3.63) is 0 Å². The number of amides is 1. The summed E-state index contributed by atoms with van der Waals surface area (Å²) in [4.78, 5) is 40.4. The Morgan fingerprint density at radius 1 is 1.38 bits per heavy atom. The van der Waals surface area contributed by atoms with E-state index in [9.17, 15) is 14.4 Å². The maximum atomic E-state index is 11.8. The van der Waals surface area contributed by atoms with Crippen molar-refractivity contribution >= 4 is 23.7 Å². The second-order valence-electron chi connectivity index (χ2n) is 6.15. The Kier molecular flexibility index (Phi) is 6.99. The summed E-state index contributed by atoms with van der Waals surface area (Å²) >= 11 is 0. The number of alkyl carbamates (subject to hydrolysis) is 1. The second-order valence-corrected chi connectivity index (χ2v) is 6.15. The van der Waals surface area contributed by atoms with Gasteiger partial charge in [-0.2, -0.15) is 0 Å². The zero-order chi connectivity index (χ0) is 18.3. The molecule has 0 bridgehead atoms. The van der Waals surface area contributed by atoms with Crippen LogP contribution in [0.4, 0.5) is 4.79 Å². The Morgan fingerprint density at radius 3 is 2.58 bits per heavy atom. The molecule has 0 saturated heterocycles. The summed E-state index contributed by atoms with van der Waals surface area (Å²) in [5.74, 6) is -1.20. The topological polar surface area (TPSA) is 113 Å². The van der Waals surface area contributed by atoms with Gasteiger partial charge in [-0.05, 0) is 27.7 Å². The summed E-state index contributed by atoms with van der Waals surface area (Å²) < 4.78 is 14.6. The molecule has 0 aromatic heterocycles. The fourth-order valence-corrected chi connectivity index (χ4v) is 1.96. The first-order chi connectivity index (χ1) is 11.2. The van der Waals surface area contributed by atoms with E-state index in [1.807, 2.05) is 0 Å². The van der Waals surface area contributed by atoms with Gasteiger partial charge in [-0.3, -0.25) is 0 Å². The normalized spacial score (nSPS) is 18.0. The van der Waals surface area contributed by atoms with Gasteiger partial charge >= 0.3 is 18.0 Å². The number of rotatable bonds is 6. The van der Waals surface area contributed by atoms with Gasteiger partial charge in [0.2, 0.25) is 0 Å². The van der Waals surface area contributed by atoms with Crippen molar-refractivity contribution in [2.24, 2.45) is 5.16 Å². The van der Waals surface area contributed by atoms with E-state index < -0.39 is 35.8 Å². The van der Waals surface area contributed by atoms with Gasteiger partial charge in [0.05, 0.1) is 13.7 Å². The van der Waals surface area contributed by atoms with Crippen LogP contribution in [0.25, 0.3) is 0 Å². The number of carbonyl (C=O) groups is 3. The molecular formula is C15H24N2O7. The number of oxime groups is 1. The highest BCUT2D eigenvalue weighted by Crippen LogP contribution is 2.18. The highest BCUT2D eigenvalue weighted by atomic mass is 16.6. The molecule has 9 heteroatoms. The SMILES string of the molecule is CCOC(=O)C1=NO[C@H](C[C@@H](NC(=O)OC(C)(C)C)C(=O)OC)C1. The summed E-state index contributed by atoms with van der Waals surface area (Å²) in [7, 11) is 1.21. The molecule has 1 amide bonds. The van der Waals surface area contributed by atoms with Gasteiger partial charge in [0.25, 0.3) is 0 Å². The number of nitrogens with one attached hydrogen (secondary N) is 1. The number of ether oxygens (including phenoxy) is 3. The minimum atomic E-state index is -0.980. The van der Waals surface area contributed by atoms with Crippen LogP contribution in [0.2, 0.25) is 0 Å². The second kappa shape index (κ2) is 8.51. The van der Waals surface area contributed by atoms with Gasteiger partial charge < -0.3 is 24.4 Å². The van der Waals surface area contributed by atoms with Crippen LogP contribution in [0.3, 0.4) is 0 Å². The first-order valence-corrected chi connectivity index (χ1v) is 7.63. The van der Waals surface area contributed by atoms with E-state index in [1.54, 1.807) is 27.7 Å². The minimum Gasteiger partial charge on any atom is -0.467 e. The molecule has 9 nitrogen and oxygen atoms in total. The minimum absolute atomic E-state index is 0.0817. The number of nitrogens with zero attached hydrogens (tertiary/aromatic N) is 1.